The van der Waals surface area contributed by atoms with Crippen molar-refractivity contribution in [2.24, 2.45) is 0 Å². The number of benzene rings is 1. The van der Waals surface area contributed by atoms with Gasteiger partial charge in [0.05, 0.1) is 6.61 Å². The lowest BCUT2D eigenvalue weighted by Crippen LogP contribution is -2.04. The van der Waals surface area contributed by atoms with Crippen molar-refractivity contribution < 1.29 is 9.47 Å². The van der Waals surface area contributed by atoms with Crippen LogP contribution in [0.15, 0.2) is 24.3 Å². The van der Waals surface area contributed by atoms with Crippen LogP contribution in [-0.2, 0) is 6.61 Å². The fourth-order valence-corrected chi connectivity index (χ4v) is 2.37. The summed E-state index contributed by atoms with van der Waals surface area (Å²) in [6.07, 6.45) is 0. The van der Waals surface area contributed by atoms with Crippen LogP contribution in [-0.4, -0.2) is 26.4 Å². The molecule has 3 aromatic rings. The summed E-state index contributed by atoms with van der Waals surface area (Å²) in [5.41, 5.74) is 5.63. The van der Waals surface area contributed by atoms with E-state index in [2.05, 4.69) is 15.3 Å². The van der Waals surface area contributed by atoms with Gasteiger partial charge in [0.15, 0.2) is 23.9 Å². The van der Waals surface area contributed by atoms with Crippen LogP contribution in [0.4, 0.5) is 5.13 Å². The molecule has 1 aromatic carbocycles. The molecule has 7 nitrogen and oxygen atoms in total. The van der Waals surface area contributed by atoms with Crippen LogP contribution in [0.1, 0.15) is 12.7 Å². The molecule has 8 heteroatoms. The van der Waals surface area contributed by atoms with Gasteiger partial charge >= 0.3 is 0 Å². The number of nitrogens with zero attached hydrogens (tertiary/aromatic N) is 4. The molecule has 0 saturated heterocycles. The Hall–Kier alpha value is -2.35. The van der Waals surface area contributed by atoms with Crippen LogP contribution >= 0.6 is 11.3 Å². The predicted octanol–water partition coefficient (Wildman–Crippen LogP) is 1.75. The minimum atomic E-state index is 0.244. The fourth-order valence-electron chi connectivity index (χ4n) is 1.75. The first-order valence-corrected chi connectivity index (χ1v) is 6.91. The zero-order valence-electron chi connectivity index (χ0n) is 10.8. The highest BCUT2D eigenvalue weighted by molar-refractivity contribution is 7.20. The Labute approximate surface area is 119 Å². The summed E-state index contributed by atoms with van der Waals surface area (Å²) in [4.78, 5) is 0.652. The minimum absolute atomic E-state index is 0.244. The normalized spacial score (nSPS) is 10.8. The first kappa shape index (κ1) is 12.7. The van der Waals surface area contributed by atoms with Crippen LogP contribution < -0.4 is 15.2 Å². The summed E-state index contributed by atoms with van der Waals surface area (Å²) in [6.45, 7) is 2.75. The van der Waals surface area contributed by atoms with Crippen molar-refractivity contribution in [3.8, 4) is 11.5 Å². The number of hydrogen-bond donors (Lipinski definition) is 1. The fraction of sp³-hybridized carbons (Fsp3) is 0.250. The van der Waals surface area contributed by atoms with Gasteiger partial charge in [0, 0.05) is 0 Å². The summed E-state index contributed by atoms with van der Waals surface area (Å²) in [7, 11) is 0. The summed E-state index contributed by atoms with van der Waals surface area (Å²) < 4.78 is 12.8. The number of aromatic nitrogens is 4. The summed E-state index contributed by atoms with van der Waals surface area (Å²) in [6, 6.07) is 7.49. The van der Waals surface area contributed by atoms with Gasteiger partial charge in [-0.3, -0.25) is 0 Å². The zero-order chi connectivity index (χ0) is 13.9. The van der Waals surface area contributed by atoms with E-state index in [1.165, 1.54) is 11.3 Å². The van der Waals surface area contributed by atoms with E-state index in [9.17, 15) is 0 Å². The van der Waals surface area contributed by atoms with Crippen molar-refractivity contribution in [2.75, 3.05) is 12.3 Å². The van der Waals surface area contributed by atoms with E-state index in [0.29, 0.717) is 34.0 Å². The zero-order valence-corrected chi connectivity index (χ0v) is 11.6. The lowest BCUT2D eigenvalue weighted by atomic mass is 10.3. The molecule has 0 fully saturated rings. The predicted molar refractivity (Wildman–Crippen MR) is 75.0 cm³/mol. The number of rotatable bonds is 5. The number of fused-ring (bicyclic) bond motifs is 1. The topological polar surface area (TPSA) is 87.6 Å². The smallest absolute Gasteiger partial charge is 0.236 e. The van der Waals surface area contributed by atoms with E-state index >= 15 is 0 Å². The third-order valence-corrected chi connectivity index (χ3v) is 3.30. The summed E-state index contributed by atoms with van der Waals surface area (Å²) >= 11 is 1.28. The Morgan fingerprint density at radius 1 is 1.20 bits per heavy atom. The Balaban J connectivity index is 1.79. The molecular weight excluding hydrogens is 278 g/mol. The Kier molecular flexibility index (Phi) is 3.38. The number of para-hydroxylation sites is 2. The molecule has 0 unspecified atom stereocenters. The highest BCUT2D eigenvalue weighted by Crippen LogP contribution is 2.27. The third kappa shape index (κ3) is 2.37. The Morgan fingerprint density at radius 3 is 2.70 bits per heavy atom. The molecule has 0 radical (unpaired) electrons. The van der Waals surface area contributed by atoms with Crippen molar-refractivity contribution in [3.63, 3.8) is 0 Å². The molecule has 3 rings (SSSR count). The van der Waals surface area contributed by atoms with Crippen molar-refractivity contribution in [1.29, 1.82) is 0 Å². The van der Waals surface area contributed by atoms with Crippen molar-refractivity contribution in [3.05, 3.63) is 30.1 Å². The molecular formula is C12H13N5O2S. The van der Waals surface area contributed by atoms with E-state index < -0.39 is 0 Å². The van der Waals surface area contributed by atoms with Gasteiger partial charge in [-0.15, -0.1) is 15.3 Å². The van der Waals surface area contributed by atoms with E-state index in [0.717, 1.165) is 0 Å². The second-order valence-corrected chi connectivity index (χ2v) is 4.91. The largest absolute Gasteiger partial charge is 0.490 e. The van der Waals surface area contributed by atoms with Crippen molar-refractivity contribution >= 4 is 21.4 Å². The molecule has 0 aliphatic rings. The van der Waals surface area contributed by atoms with E-state index in [1.54, 1.807) is 4.52 Å². The monoisotopic (exact) mass is 291 g/mol. The van der Waals surface area contributed by atoms with Crippen LogP contribution in [0.25, 0.3) is 4.96 Å². The average Bonchev–Trinajstić information content (AvgIpc) is 2.98. The van der Waals surface area contributed by atoms with Crippen LogP contribution in [0.5, 0.6) is 11.5 Å². The molecule has 0 bridgehead atoms. The van der Waals surface area contributed by atoms with Gasteiger partial charge in [0.25, 0.3) is 0 Å². The number of hydrogen-bond acceptors (Lipinski definition) is 7. The van der Waals surface area contributed by atoms with Gasteiger partial charge in [-0.05, 0) is 19.1 Å². The number of nitrogen functional groups attached to an aromatic ring is 1. The lowest BCUT2D eigenvalue weighted by molar-refractivity contribution is 0.261. The quantitative estimate of drug-likeness (QED) is 0.770. The third-order valence-electron chi connectivity index (χ3n) is 2.58. The van der Waals surface area contributed by atoms with Gasteiger partial charge in [-0.25, -0.2) is 0 Å². The van der Waals surface area contributed by atoms with Gasteiger partial charge < -0.3 is 15.2 Å². The van der Waals surface area contributed by atoms with Crippen molar-refractivity contribution in [1.82, 2.24) is 19.8 Å². The Bertz CT molecular complexity index is 724. The maximum Gasteiger partial charge on any atom is 0.236 e. The molecule has 0 amide bonds. The molecule has 0 aliphatic carbocycles. The Morgan fingerprint density at radius 2 is 1.95 bits per heavy atom. The van der Waals surface area contributed by atoms with E-state index in [-0.39, 0.29) is 6.61 Å². The van der Waals surface area contributed by atoms with Crippen molar-refractivity contribution in [2.45, 2.75) is 13.5 Å². The second kappa shape index (κ2) is 5.33. The molecule has 20 heavy (non-hydrogen) atoms. The highest BCUT2D eigenvalue weighted by Gasteiger charge is 2.12. The molecule has 104 valence electrons. The first-order chi connectivity index (χ1) is 9.78. The molecule has 0 saturated carbocycles. The molecule has 2 heterocycles. The molecule has 0 atom stereocenters. The maximum atomic E-state index is 5.73. The van der Waals surface area contributed by atoms with Gasteiger partial charge in [-0.2, -0.15) is 4.52 Å². The first-order valence-electron chi connectivity index (χ1n) is 6.09. The van der Waals surface area contributed by atoms with Crippen LogP contribution in [0.3, 0.4) is 0 Å². The minimum Gasteiger partial charge on any atom is -0.490 e. The van der Waals surface area contributed by atoms with E-state index in [1.807, 2.05) is 31.2 Å². The summed E-state index contributed by atoms with van der Waals surface area (Å²) in [5.74, 6) is 1.96. The van der Waals surface area contributed by atoms with E-state index in [4.69, 9.17) is 15.2 Å². The average molecular weight is 291 g/mol. The molecule has 0 aliphatic heterocycles. The number of nitrogens with two attached hydrogens (primary N) is 1. The summed E-state index contributed by atoms with van der Waals surface area (Å²) in [5, 5.41) is 12.6. The second-order valence-electron chi connectivity index (χ2n) is 3.92. The molecule has 0 spiro atoms. The van der Waals surface area contributed by atoms with Crippen LogP contribution in [0.2, 0.25) is 0 Å². The SMILES string of the molecule is CCOc1ccccc1OCc1nnc2sc(N)nn12. The standard InChI is InChI=1S/C12H13N5O2S/c1-2-18-8-5-3-4-6-9(8)19-7-10-14-15-12-17(10)16-11(13)20-12/h3-6H,2,7H2,1H3,(H2,13,16). The van der Waals surface area contributed by atoms with Gasteiger partial charge in [0.2, 0.25) is 10.1 Å². The van der Waals surface area contributed by atoms with Gasteiger partial charge in [0.1, 0.15) is 0 Å². The number of ether oxygens (including phenoxy) is 2. The molecule has 2 N–H and O–H groups in total. The lowest BCUT2D eigenvalue weighted by Gasteiger charge is -2.10. The maximum absolute atomic E-state index is 5.73. The molecule has 2 aromatic heterocycles. The number of anilines is 1. The highest BCUT2D eigenvalue weighted by atomic mass is 32.1. The van der Waals surface area contributed by atoms with Crippen LogP contribution in [0, 0.1) is 0 Å². The van der Waals surface area contributed by atoms with Gasteiger partial charge in [-0.1, -0.05) is 23.5 Å².